The maximum absolute atomic E-state index is 11.8. The topological polar surface area (TPSA) is 88.1 Å². The third kappa shape index (κ3) is 7.69. The van der Waals surface area contributed by atoms with Crippen LogP contribution in [0.5, 0.6) is 11.5 Å². The van der Waals surface area contributed by atoms with E-state index in [2.05, 4.69) is 0 Å². The minimum atomic E-state index is -0.934. The molecular weight excluding hydrogens is 328 g/mol. The summed E-state index contributed by atoms with van der Waals surface area (Å²) in [6.45, 7) is 11.5. The zero-order valence-corrected chi connectivity index (χ0v) is 15.6. The van der Waals surface area contributed by atoms with E-state index in [9.17, 15) is 14.4 Å². The Hall–Kier alpha value is -2.57. The van der Waals surface area contributed by atoms with Crippen molar-refractivity contribution in [3.05, 3.63) is 23.8 Å². The normalized spacial score (nSPS) is 11.5. The fraction of sp³-hybridized carbons (Fsp3) is 0.500. The molecule has 1 rings (SSSR count). The second-order valence-electron chi connectivity index (χ2n) is 7.35. The van der Waals surface area contributed by atoms with Gasteiger partial charge in [-0.1, -0.05) is 0 Å². The number of hydrogen-bond donors (Lipinski definition) is 0. The van der Waals surface area contributed by atoms with Gasteiger partial charge in [-0.2, -0.15) is 0 Å². The van der Waals surface area contributed by atoms with Crippen molar-refractivity contribution >= 4 is 18.1 Å². The molecule has 0 saturated carbocycles. The Balaban J connectivity index is 2.95. The summed E-state index contributed by atoms with van der Waals surface area (Å²) in [5.41, 5.74) is -1.36. The van der Waals surface area contributed by atoms with E-state index in [1.165, 1.54) is 25.1 Å². The molecule has 0 spiro atoms. The number of ether oxygens (including phenoxy) is 4. The van der Waals surface area contributed by atoms with E-state index in [1.807, 2.05) is 0 Å². The molecule has 0 unspecified atom stereocenters. The third-order valence-electron chi connectivity index (χ3n) is 2.50. The average molecular weight is 352 g/mol. The number of benzene rings is 1. The van der Waals surface area contributed by atoms with Gasteiger partial charge >= 0.3 is 12.3 Å². The quantitative estimate of drug-likeness (QED) is 0.449. The van der Waals surface area contributed by atoms with E-state index in [0.717, 1.165) is 0 Å². The zero-order chi connectivity index (χ0) is 19.4. The van der Waals surface area contributed by atoms with E-state index >= 15 is 0 Å². The average Bonchev–Trinajstić information content (AvgIpc) is 2.35. The van der Waals surface area contributed by atoms with Crippen molar-refractivity contribution in [3.8, 4) is 11.5 Å². The van der Waals surface area contributed by atoms with Gasteiger partial charge in [0.15, 0.2) is 5.78 Å². The van der Waals surface area contributed by atoms with Crippen LogP contribution in [0, 0.1) is 0 Å². The maximum atomic E-state index is 11.8. The summed E-state index contributed by atoms with van der Waals surface area (Å²) in [6.07, 6.45) is -1.83. The molecule has 7 nitrogen and oxygen atoms in total. The smallest absolute Gasteiger partial charge is 0.428 e. The van der Waals surface area contributed by atoms with Gasteiger partial charge < -0.3 is 18.9 Å². The molecule has 1 aromatic carbocycles. The first-order valence-corrected chi connectivity index (χ1v) is 7.73. The minimum absolute atomic E-state index is 0.0123. The molecule has 0 amide bonds. The molecule has 0 aliphatic rings. The van der Waals surface area contributed by atoms with Crippen molar-refractivity contribution in [1.29, 1.82) is 0 Å². The lowest BCUT2D eigenvalue weighted by molar-refractivity contribution is 0.0184. The first-order chi connectivity index (χ1) is 11.3. The van der Waals surface area contributed by atoms with Gasteiger partial charge in [0.1, 0.15) is 22.7 Å². The highest BCUT2D eigenvalue weighted by Crippen LogP contribution is 2.26. The third-order valence-corrected chi connectivity index (χ3v) is 2.50. The standard InChI is InChI=1S/C18H24O7/c1-11(19)13-10-12(22-15(20)24-17(2,3)4)8-9-14(13)23-16(21)25-18(5,6)7/h8-10H,1-7H3. The summed E-state index contributed by atoms with van der Waals surface area (Å²) < 4.78 is 20.2. The highest BCUT2D eigenvalue weighted by Gasteiger charge is 2.22. The van der Waals surface area contributed by atoms with Crippen LogP contribution >= 0.6 is 0 Å². The lowest BCUT2D eigenvalue weighted by atomic mass is 10.1. The van der Waals surface area contributed by atoms with Gasteiger partial charge in [-0.25, -0.2) is 9.59 Å². The SMILES string of the molecule is CC(=O)c1cc(OC(=O)OC(C)(C)C)ccc1OC(=O)OC(C)(C)C. The summed E-state index contributed by atoms with van der Waals surface area (Å²) in [7, 11) is 0. The summed E-state index contributed by atoms with van der Waals surface area (Å²) in [4.78, 5) is 35.3. The number of Topliss-reactive ketones (excluding diaryl/α,β-unsaturated/α-hetero) is 1. The van der Waals surface area contributed by atoms with Crippen molar-refractivity contribution in [1.82, 2.24) is 0 Å². The Morgan fingerprint density at radius 1 is 0.800 bits per heavy atom. The van der Waals surface area contributed by atoms with Crippen LogP contribution in [0.1, 0.15) is 58.8 Å². The molecule has 1 aromatic rings. The van der Waals surface area contributed by atoms with Crippen LogP contribution in [0.25, 0.3) is 0 Å². The van der Waals surface area contributed by atoms with Crippen molar-refractivity contribution in [2.24, 2.45) is 0 Å². The van der Waals surface area contributed by atoms with Crippen LogP contribution in [-0.2, 0) is 9.47 Å². The van der Waals surface area contributed by atoms with Crippen LogP contribution in [0.3, 0.4) is 0 Å². The highest BCUT2D eigenvalue weighted by atomic mass is 16.7. The first-order valence-electron chi connectivity index (χ1n) is 7.73. The lowest BCUT2D eigenvalue weighted by Crippen LogP contribution is -2.26. The minimum Gasteiger partial charge on any atom is -0.428 e. The summed E-state index contributed by atoms with van der Waals surface area (Å²) in [5.74, 6) is -0.262. The van der Waals surface area contributed by atoms with Crippen LogP contribution in [0.2, 0.25) is 0 Å². The van der Waals surface area contributed by atoms with Crippen LogP contribution in [-0.4, -0.2) is 29.3 Å². The lowest BCUT2D eigenvalue weighted by Gasteiger charge is -2.20. The van der Waals surface area contributed by atoms with Gasteiger partial charge in [0.2, 0.25) is 0 Å². The molecule has 0 aliphatic heterocycles. The second-order valence-corrected chi connectivity index (χ2v) is 7.35. The first kappa shape index (κ1) is 20.5. The number of carbonyl (C=O) groups excluding carboxylic acids is 3. The molecular formula is C18H24O7. The number of carbonyl (C=O) groups is 3. The van der Waals surface area contributed by atoms with Crippen molar-refractivity contribution in [3.63, 3.8) is 0 Å². The molecule has 0 aromatic heterocycles. The van der Waals surface area contributed by atoms with Gasteiger partial charge in [0.05, 0.1) is 5.56 Å². The Kier molecular flexibility index (Phi) is 6.18. The molecule has 0 aliphatic carbocycles. The van der Waals surface area contributed by atoms with E-state index in [1.54, 1.807) is 41.5 Å². The fourth-order valence-electron chi connectivity index (χ4n) is 1.66. The Labute approximate surface area is 147 Å². The van der Waals surface area contributed by atoms with Crippen molar-refractivity contribution < 1.29 is 33.3 Å². The van der Waals surface area contributed by atoms with Crippen LogP contribution in [0.15, 0.2) is 18.2 Å². The van der Waals surface area contributed by atoms with Gasteiger partial charge in [-0.15, -0.1) is 0 Å². The largest absolute Gasteiger partial charge is 0.514 e. The van der Waals surface area contributed by atoms with Gasteiger partial charge in [0, 0.05) is 0 Å². The van der Waals surface area contributed by atoms with E-state index in [0.29, 0.717) is 0 Å². The van der Waals surface area contributed by atoms with Gasteiger partial charge in [0.25, 0.3) is 0 Å². The van der Waals surface area contributed by atoms with Crippen molar-refractivity contribution in [2.45, 2.75) is 59.7 Å². The van der Waals surface area contributed by atoms with Crippen LogP contribution in [0.4, 0.5) is 9.59 Å². The summed E-state index contributed by atoms with van der Waals surface area (Å²) in [5, 5.41) is 0. The fourth-order valence-corrected chi connectivity index (χ4v) is 1.66. The van der Waals surface area contributed by atoms with E-state index < -0.39 is 23.5 Å². The molecule has 0 radical (unpaired) electrons. The van der Waals surface area contributed by atoms with Gasteiger partial charge in [-0.05, 0) is 66.7 Å². The summed E-state index contributed by atoms with van der Waals surface area (Å²) in [6, 6.07) is 4.03. The van der Waals surface area contributed by atoms with E-state index in [4.69, 9.17) is 18.9 Å². The maximum Gasteiger partial charge on any atom is 0.514 e. The molecule has 0 heterocycles. The molecule has 0 atom stereocenters. The highest BCUT2D eigenvalue weighted by molar-refractivity contribution is 5.97. The molecule has 138 valence electrons. The Morgan fingerprint density at radius 2 is 1.28 bits per heavy atom. The molecule has 25 heavy (non-hydrogen) atoms. The predicted octanol–water partition coefficient (Wildman–Crippen LogP) is 4.52. The molecule has 0 fully saturated rings. The Morgan fingerprint density at radius 3 is 1.72 bits per heavy atom. The zero-order valence-electron chi connectivity index (χ0n) is 15.6. The van der Waals surface area contributed by atoms with E-state index in [-0.39, 0.29) is 22.8 Å². The molecule has 7 heteroatoms. The molecule has 0 saturated heterocycles. The molecule has 0 bridgehead atoms. The molecule has 0 N–H and O–H groups in total. The Bertz CT molecular complexity index is 663. The second kappa shape index (κ2) is 7.55. The number of rotatable bonds is 3. The van der Waals surface area contributed by atoms with Gasteiger partial charge in [-0.3, -0.25) is 4.79 Å². The number of hydrogen-bond acceptors (Lipinski definition) is 7. The van der Waals surface area contributed by atoms with Crippen LogP contribution < -0.4 is 9.47 Å². The van der Waals surface area contributed by atoms with Crippen molar-refractivity contribution in [2.75, 3.05) is 0 Å². The monoisotopic (exact) mass is 352 g/mol. The predicted molar refractivity (Wildman–Crippen MR) is 90.2 cm³/mol. The summed E-state index contributed by atoms with van der Waals surface area (Å²) >= 11 is 0. The number of ketones is 1.